The Kier molecular flexibility index (Phi) is 6.46. The number of hydrogen-bond donors (Lipinski definition) is 2. The zero-order valence-corrected chi connectivity index (χ0v) is 16.4. The quantitative estimate of drug-likeness (QED) is 0.536. The third-order valence-electron chi connectivity index (χ3n) is 4.03. The highest BCUT2D eigenvalue weighted by atomic mass is 32.2. The van der Waals surface area contributed by atoms with Gasteiger partial charge in [0, 0.05) is 15.3 Å². The highest BCUT2D eigenvalue weighted by Gasteiger charge is 2.25. The molecule has 2 aromatic carbocycles. The number of thiophene rings is 1. The van der Waals surface area contributed by atoms with E-state index in [1.165, 1.54) is 0 Å². The van der Waals surface area contributed by atoms with Crippen molar-refractivity contribution in [2.45, 2.75) is 24.3 Å². The van der Waals surface area contributed by atoms with Crippen LogP contribution in [0.25, 0.3) is 10.4 Å². The molecular formula is C20H17F2NO3S2. The normalized spacial score (nSPS) is 13.3. The maximum Gasteiger partial charge on any atom is 0.305 e. The van der Waals surface area contributed by atoms with Crippen molar-refractivity contribution in [3.63, 3.8) is 0 Å². The number of aliphatic carboxylic acids is 1. The van der Waals surface area contributed by atoms with Crippen molar-refractivity contribution in [2.75, 3.05) is 0 Å². The lowest BCUT2D eigenvalue weighted by Crippen LogP contribution is -2.29. The van der Waals surface area contributed by atoms with Crippen LogP contribution in [0, 0.1) is 18.6 Å². The molecule has 0 saturated carbocycles. The third kappa shape index (κ3) is 4.96. The molecule has 0 fully saturated rings. The van der Waals surface area contributed by atoms with E-state index in [0.717, 1.165) is 35.1 Å². The number of carbonyl (C=O) groups is 1. The molecule has 2 N–H and O–H groups in total. The molecule has 0 spiro atoms. The van der Waals surface area contributed by atoms with E-state index in [4.69, 9.17) is 0 Å². The Bertz CT molecular complexity index is 976. The summed E-state index contributed by atoms with van der Waals surface area (Å²) < 4.78 is 42.9. The van der Waals surface area contributed by atoms with E-state index < -0.39 is 35.0 Å². The third-order valence-corrected chi connectivity index (χ3v) is 6.46. The molecule has 4 nitrogen and oxygen atoms in total. The number of carboxylic acids is 1. The maximum atomic E-state index is 14.0. The summed E-state index contributed by atoms with van der Waals surface area (Å²) in [5, 5.41) is 9.23. The fourth-order valence-corrected chi connectivity index (χ4v) is 4.74. The summed E-state index contributed by atoms with van der Waals surface area (Å²) in [6, 6.07) is 12.7. The predicted octanol–water partition coefficient (Wildman–Crippen LogP) is 4.83. The first-order valence-corrected chi connectivity index (χ1v) is 10.3. The number of rotatable bonds is 7. The first-order valence-electron chi connectivity index (χ1n) is 8.35. The summed E-state index contributed by atoms with van der Waals surface area (Å²) in [6.45, 7) is 1.91. The summed E-state index contributed by atoms with van der Waals surface area (Å²) in [4.78, 5) is 12.8. The molecule has 8 heteroatoms. The standard InChI is InChI=1S/C20H17F2NO3S2/c1-12-2-5-14(6-3-12)28(26)23-17(11-20(24)25)19-9-8-18(27-19)15-10-13(21)4-7-16(15)22/h2-10,17,23H,11H2,1H3,(H,24,25)/t17?,28-/m1/s1. The van der Waals surface area contributed by atoms with E-state index in [0.29, 0.717) is 14.6 Å². The van der Waals surface area contributed by atoms with Crippen molar-refractivity contribution in [3.05, 3.63) is 76.7 Å². The zero-order chi connectivity index (χ0) is 20.3. The van der Waals surface area contributed by atoms with E-state index in [1.54, 1.807) is 24.3 Å². The fraction of sp³-hybridized carbons (Fsp3) is 0.150. The molecule has 3 aromatic rings. The zero-order valence-electron chi connectivity index (χ0n) is 14.8. The van der Waals surface area contributed by atoms with Gasteiger partial charge in [0.05, 0.1) is 23.8 Å². The molecule has 1 heterocycles. The molecule has 1 aromatic heterocycles. The highest BCUT2D eigenvalue weighted by molar-refractivity contribution is 7.89. The fourth-order valence-electron chi connectivity index (χ4n) is 2.61. The van der Waals surface area contributed by atoms with Crippen LogP contribution >= 0.6 is 11.3 Å². The van der Waals surface area contributed by atoms with Crippen molar-refractivity contribution >= 4 is 28.7 Å². The van der Waals surface area contributed by atoms with E-state index in [-0.39, 0.29) is 12.0 Å². The Morgan fingerprint density at radius 1 is 1.18 bits per heavy atom. The van der Waals surface area contributed by atoms with E-state index in [9.17, 15) is 23.2 Å². The average Bonchev–Trinajstić information content (AvgIpc) is 3.13. The minimum atomic E-state index is -1.62. The van der Waals surface area contributed by atoms with E-state index >= 15 is 0 Å². The molecule has 0 aliphatic rings. The SMILES string of the molecule is Cc1ccc([S@@+]([O-])NC(CC(=O)O)c2ccc(-c3cc(F)ccc3F)s2)cc1. The van der Waals surface area contributed by atoms with Crippen LogP contribution in [0.2, 0.25) is 0 Å². The average molecular weight is 421 g/mol. The monoisotopic (exact) mass is 421 g/mol. The van der Waals surface area contributed by atoms with Gasteiger partial charge >= 0.3 is 5.97 Å². The minimum absolute atomic E-state index is 0.102. The second kappa shape index (κ2) is 8.83. The Hall–Kier alpha value is -2.26. The van der Waals surface area contributed by atoms with Gasteiger partial charge in [-0.05, 0) is 49.4 Å². The predicted molar refractivity (Wildman–Crippen MR) is 105 cm³/mol. The Morgan fingerprint density at radius 3 is 2.57 bits per heavy atom. The van der Waals surface area contributed by atoms with Crippen LogP contribution in [0.1, 0.15) is 22.9 Å². The molecule has 2 atom stereocenters. The number of aryl methyl sites for hydroxylation is 1. The maximum absolute atomic E-state index is 14.0. The summed E-state index contributed by atoms with van der Waals surface area (Å²) >= 11 is -0.491. The van der Waals surface area contributed by atoms with Gasteiger partial charge in [0.15, 0.2) is 4.90 Å². The van der Waals surface area contributed by atoms with Crippen LogP contribution in [0.5, 0.6) is 0 Å². The topological polar surface area (TPSA) is 72.4 Å². The van der Waals surface area contributed by atoms with Gasteiger partial charge in [-0.3, -0.25) is 4.79 Å². The van der Waals surface area contributed by atoms with Gasteiger partial charge in [-0.1, -0.05) is 17.7 Å². The molecule has 3 rings (SSSR count). The lowest BCUT2D eigenvalue weighted by molar-refractivity contribution is -0.137. The molecule has 0 saturated heterocycles. The van der Waals surface area contributed by atoms with Crippen molar-refractivity contribution < 1.29 is 23.2 Å². The Labute approximate surface area is 168 Å². The lowest BCUT2D eigenvalue weighted by Gasteiger charge is -2.17. The molecule has 0 aliphatic carbocycles. The molecule has 0 aliphatic heterocycles. The molecule has 28 heavy (non-hydrogen) atoms. The van der Waals surface area contributed by atoms with Crippen LogP contribution in [0.3, 0.4) is 0 Å². The molecular weight excluding hydrogens is 404 g/mol. The van der Waals surface area contributed by atoms with Crippen LogP contribution in [0.4, 0.5) is 8.78 Å². The summed E-state index contributed by atoms with van der Waals surface area (Å²) in [5.41, 5.74) is 1.12. The van der Waals surface area contributed by atoms with Crippen molar-refractivity contribution in [2.24, 2.45) is 0 Å². The van der Waals surface area contributed by atoms with Crippen molar-refractivity contribution in [1.82, 2.24) is 4.72 Å². The minimum Gasteiger partial charge on any atom is -0.593 e. The number of nitrogens with one attached hydrogen (secondary N) is 1. The second-order valence-corrected chi connectivity index (χ2v) is 8.54. The highest BCUT2D eigenvalue weighted by Crippen LogP contribution is 2.35. The Balaban J connectivity index is 1.86. The first-order chi connectivity index (χ1) is 13.3. The number of hydrogen-bond acceptors (Lipinski definition) is 4. The van der Waals surface area contributed by atoms with Gasteiger partial charge < -0.3 is 9.66 Å². The summed E-state index contributed by atoms with van der Waals surface area (Å²) in [6.07, 6.45) is -0.302. The second-order valence-electron chi connectivity index (χ2n) is 6.18. The van der Waals surface area contributed by atoms with Gasteiger partial charge in [0.2, 0.25) is 0 Å². The van der Waals surface area contributed by atoms with Gasteiger partial charge in [0.1, 0.15) is 11.6 Å². The van der Waals surface area contributed by atoms with Gasteiger partial charge in [0.25, 0.3) is 0 Å². The van der Waals surface area contributed by atoms with Crippen LogP contribution in [-0.2, 0) is 16.2 Å². The van der Waals surface area contributed by atoms with E-state index in [2.05, 4.69) is 4.72 Å². The lowest BCUT2D eigenvalue weighted by atomic mass is 10.1. The molecule has 0 amide bonds. The Morgan fingerprint density at radius 2 is 1.89 bits per heavy atom. The van der Waals surface area contributed by atoms with Crippen LogP contribution < -0.4 is 4.72 Å². The van der Waals surface area contributed by atoms with Crippen molar-refractivity contribution in [3.8, 4) is 10.4 Å². The van der Waals surface area contributed by atoms with Gasteiger partial charge in [-0.25, -0.2) is 8.78 Å². The van der Waals surface area contributed by atoms with Gasteiger partial charge in [-0.2, -0.15) is 0 Å². The smallest absolute Gasteiger partial charge is 0.305 e. The van der Waals surface area contributed by atoms with Crippen molar-refractivity contribution in [1.29, 1.82) is 0 Å². The van der Waals surface area contributed by atoms with Gasteiger partial charge in [-0.15, -0.1) is 16.1 Å². The molecule has 0 bridgehead atoms. The number of benzene rings is 2. The largest absolute Gasteiger partial charge is 0.593 e. The number of halogens is 2. The first kappa shape index (κ1) is 20.5. The number of carboxylic acid groups (broad SMARTS) is 1. The van der Waals surface area contributed by atoms with Crippen LogP contribution in [-0.4, -0.2) is 15.6 Å². The summed E-state index contributed by atoms with van der Waals surface area (Å²) in [5.74, 6) is -2.20. The molecule has 1 unspecified atom stereocenters. The van der Waals surface area contributed by atoms with Crippen LogP contribution in [0.15, 0.2) is 59.5 Å². The molecule has 146 valence electrons. The van der Waals surface area contributed by atoms with E-state index in [1.807, 2.05) is 19.1 Å². The molecule has 0 radical (unpaired) electrons. The summed E-state index contributed by atoms with van der Waals surface area (Å²) in [7, 11) is 0.